The fraction of sp³-hybridized carbons (Fsp3) is 0.545. The number of aliphatic hydroxyl groups excluding tert-OH is 4. The third-order valence-corrected chi connectivity index (χ3v) is 3.99. The lowest BCUT2D eigenvalue weighted by Gasteiger charge is -2.27. The van der Waals surface area contributed by atoms with Gasteiger partial charge >= 0.3 is 0 Å². The molecule has 21 heavy (non-hydrogen) atoms. The Kier molecular flexibility index (Phi) is 3.59. The maximum atomic E-state index is 10.1. The molecule has 0 amide bonds. The minimum atomic E-state index is -1.64. The average Bonchev–Trinajstić information content (AvgIpc) is 3.02. The summed E-state index contributed by atoms with van der Waals surface area (Å²) in [5, 5.41) is 39.3. The van der Waals surface area contributed by atoms with Crippen molar-refractivity contribution in [2.45, 2.75) is 29.1 Å². The molecule has 3 atom stereocenters. The first kappa shape index (κ1) is 14.6. The summed E-state index contributed by atoms with van der Waals surface area (Å²) in [4.78, 5) is 12.0. The van der Waals surface area contributed by atoms with Gasteiger partial charge in [-0.05, 0) is 0 Å². The van der Waals surface area contributed by atoms with Gasteiger partial charge in [0.1, 0.15) is 34.7 Å². The topological polar surface area (TPSA) is 134 Å². The van der Waals surface area contributed by atoms with Gasteiger partial charge in [-0.15, -0.1) is 12.6 Å². The summed E-state index contributed by atoms with van der Waals surface area (Å²) in [6.45, 7) is -1.28. The second-order valence-electron chi connectivity index (χ2n) is 4.85. The Morgan fingerprint density at radius 3 is 2.57 bits per heavy atom. The Balaban J connectivity index is 2.06. The zero-order valence-corrected chi connectivity index (χ0v) is 11.6. The van der Waals surface area contributed by atoms with E-state index in [0.717, 1.165) is 0 Å². The molecule has 114 valence electrons. The minimum Gasteiger partial charge on any atom is -0.393 e. The van der Waals surface area contributed by atoms with Crippen molar-refractivity contribution in [1.29, 1.82) is 0 Å². The zero-order valence-electron chi connectivity index (χ0n) is 10.7. The monoisotopic (exact) mass is 314 g/mol. The van der Waals surface area contributed by atoms with Crippen LogP contribution < -0.4 is 0 Å². The number of imidazole rings is 1. The molecule has 4 N–H and O–H groups in total. The molecule has 9 nitrogen and oxygen atoms in total. The van der Waals surface area contributed by atoms with E-state index in [-0.39, 0.29) is 0 Å². The van der Waals surface area contributed by atoms with E-state index in [4.69, 9.17) is 4.74 Å². The molecule has 3 heterocycles. The van der Waals surface area contributed by atoms with Gasteiger partial charge in [-0.2, -0.15) is 0 Å². The maximum Gasteiger partial charge on any atom is 0.166 e. The van der Waals surface area contributed by atoms with Gasteiger partial charge in [0.2, 0.25) is 0 Å². The van der Waals surface area contributed by atoms with Crippen LogP contribution in [0.2, 0.25) is 0 Å². The van der Waals surface area contributed by atoms with Crippen LogP contribution in [0.15, 0.2) is 17.7 Å². The van der Waals surface area contributed by atoms with Crippen LogP contribution in [0, 0.1) is 0 Å². The Hall–Kier alpha value is -1.30. The van der Waals surface area contributed by atoms with Crippen molar-refractivity contribution in [1.82, 2.24) is 19.5 Å². The first-order valence-corrected chi connectivity index (χ1v) is 6.61. The molecule has 2 aromatic heterocycles. The van der Waals surface area contributed by atoms with Crippen LogP contribution in [0.5, 0.6) is 0 Å². The largest absolute Gasteiger partial charge is 0.393 e. The predicted molar refractivity (Wildman–Crippen MR) is 71.6 cm³/mol. The van der Waals surface area contributed by atoms with Crippen LogP contribution in [-0.4, -0.2) is 71.0 Å². The van der Waals surface area contributed by atoms with Gasteiger partial charge in [-0.3, -0.25) is 4.57 Å². The first-order valence-electron chi connectivity index (χ1n) is 6.16. The van der Waals surface area contributed by atoms with Crippen molar-refractivity contribution in [3.05, 3.63) is 12.7 Å². The third-order valence-electron chi connectivity index (χ3n) is 3.66. The van der Waals surface area contributed by atoms with E-state index in [2.05, 4.69) is 27.6 Å². The molecule has 0 spiro atoms. The Morgan fingerprint density at radius 2 is 1.95 bits per heavy atom. The number of hydrogen-bond donors (Lipinski definition) is 5. The highest BCUT2D eigenvalue weighted by Gasteiger charge is 2.54. The number of fused-ring (bicyclic) bond motifs is 1. The van der Waals surface area contributed by atoms with Crippen LogP contribution in [0.4, 0.5) is 0 Å². The van der Waals surface area contributed by atoms with Gasteiger partial charge < -0.3 is 25.2 Å². The molecular weight excluding hydrogens is 300 g/mol. The summed E-state index contributed by atoms with van der Waals surface area (Å²) in [6, 6.07) is 0. The zero-order chi connectivity index (χ0) is 15.2. The van der Waals surface area contributed by atoms with Crippen LogP contribution >= 0.6 is 12.6 Å². The van der Waals surface area contributed by atoms with E-state index in [0.29, 0.717) is 16.2 Å². The van der Waals surface area contributed by atoms with Crippen molar-refractivity contribution in [2.24, 2.45) is 0 Å². The highest BCUT2D eigenvalue weighted by Crippen LogP contribution is 2.38. The summed E-state index contributed by atoms with van der Waals surface area (Å²) in [5.41, 5.74) is -0.869. The number of rotatable bonds is 3. The molecule has 0 bridgehead atoms. The molecular formula is C11H14N4O5S. The number of ether oxygens (including phenoxy) is 1. The van der Waals surface area contributed by atoms with Gasteiger partial charge in [-0.25, -0.2) is 15.0 Å². The molecule has 1 aliphatic rings. The molecule has 1 aliphatic heterocycles. The molecule has 1 fully saturated rings. The van der Waals surface area contributed by atoms with Crippen molar-refractivity contribution in [2.75, 3.05) is 13.2 Å². The van der Waals surface area contributed by atoms with Gasteiger partial charge in [0.15, 0.2) is 11.9 Å². The Morgan fingerprint density at radius 1 is 1.24 bits per heavy atom. The summed E-state index contributed by atoms with van der Waals surface area (Å²) < 4.78 is 6.90. The molecule has 1 saturated heterocycles. The third kappa shape index (κ3) is 2.03. The molecule has 0 radical (unpaired) electrons. The number of hydrogen-bond acceptors (Lipinski definition) is 9. The van der Waals surface area contributed by atoms with E-state index in [1.165, 1.54) is 17.2 Å². The second kappa shape index (κ2) is 5.16. The smallest absolute Gasteiger partial charge is 0.166 e. The normalized spacial score (nSPS) is 28.3. The van der Waals surface area contributed by atoms with Crippen molar-refractivity contribution < 1.29 is 25.2 Å². The predicted octanol–water partition coefficient (Wildman–Crippen LogP) is -1.91. The summed E-state index contributed by atoms with van der Waals surface area (Å²) >= 11 is 4.16. The lowest BCUT2D eigenvalue weighted by molar-refractivity contribution is -0.149. The van der Waals surface area contributed by atoms with Crippen molar-refractivity contribution in [3.8, 4) is 0 Å². The van der Waals surface area contributed by atoms with E-state index >= 15 is 0 Å². The van der Waals surface area contributed by atoms with E-state index < -0.39 is 37.3 Å². The molecule has 3 rings (SSSR count). The number of aliphatic hydroxyl groups is 4. The summed E-state index contributed by atoms with van der Waals surface area (Å²) in [7, 11) is 0. The van der Waals surface area contributed by atoms with E-state index in [1.807, 2.05) is 0 Å². The number of aromatic nitrogens is 4. The quantitative estimate of drug-likeness (QED) is 0.327. The second-order valence-corrected chi connectivity index (χ2v) is 5.27. The molecule has 0 saturated carbocycles. The molecule has 0 aromatic carbocycles. The van der Waals surface area contributed by atoms with Crippen LogP contribution in [0.1, 0.15) is 6.23 Å². The van der Waals surface area contributed by atoms with Crippen molar-refractivity contribution >= 4 is 23.8 Å². The highest BCUT2D eigenvalue weighted by atomic mass is 32.1. The standard InChI is InChI=1S/C11H14N4O5S/c16-1-11(2-17)7(19)6(18)10(20-11)15-4-14-5-8(15)12-3-13-9(5)21/h3-4,6-7,10,16-19H,1-2H2,(H,12,13,21)/t6-,7+,10-/m1/s1. The summed E-state index contributed by atoms with van der Waals surface area (Å²) in [5.74, 6) is 0. The molecule has 2 aromatic rings. The van der Waals surface area contributed by atoms with Gasteiger partial charge in [0.25, 0.3) is 0 Å². The maximum absolute atomic E-state index is 10.1. The minimum absolute atomic E-state index is 0.359. The van der Waals surface area contributed by atoms with E-state index in [1.54, 1.807) is 0 Å². The SMILES string of the molecule is OCC1(CO)O[C@@H](n2cnc3c(S)ncnc32)[C@H](O)[C@@H]1O. The Labute approximate surface area is 124 Å². The van der Waals surface area contributed by atoms with Crippen molar-refractivity contribution in [3.63, 3.8) is 0 Å². The molecule has 10 heteroatoms. The fourth-order valence-electron chi connectivity index (χ4n) is 2.41. The van der Waals surface area contributed by atoms with Gasteiger partial charge in [0.05, 0.1) is 19.5 Å². The summed E-state index contributed by atoms with van der Waals surface area (Å²) in [6.07, 6.45) is -1.21. The average molecular weight is 314 g/mol. The first-order chi connectivity index (χ1) is 10.0. The van der Waals surface area contributed by atoms with Crippen LogP contribution in [0.3, 0.4) is 0 Å². The lowest BCUT2D eigenvalue weighted by atomic mass is 9.97. The highest BCUT2D eigenvalue weighted by molar-refractivity contribution is 7.80. The fourth-order valence-corrected chi connectivity index (χ4v) is 2.62. The number of thiol groups is 1. The lowest BCUT2D eigenvalue weighted by Crippen LogP contribution is -2.49. The van der Waals surface area contributed by atoms with Crippen LogP contribution in [0.25, 0.3) is 11.2 Å². The molecule has 0 unspecified atom stereocenters. The van der Waals surface area contributed by atoms with E-state index in [9.17, 15) is 20.4 Å². The van der Waals surface area contributed by atoms with Gasteiger partial charge in [0, 0.05) is 0 Å². The number of nitrogens with zero attached hydrogens (tertiary/aromatic N) is 4. The molecule has 0 aliphatic carbocycles. The van der Waals surface area contributed by atoms with Crippen LogP contribution in [-0.2, 0) is 4.74 Å². The van der Waals surface area contributed by atoms with Gasteiger partial charge in [-0.1, -0.05) is 0 Å². The Bertz CT molecular complexity index is 661.